The third-order valence-corrected chi connectivity index (χ3v) is 29.5. The van der Waals surface area contributed by atoms with Crippen LogP contribution in [0.2, 0.25) is 0 Å². The first kappa shape index (κ1) is 80.9. The topological polar surface area (TPSA) is 39.4 Å². The van der Waals surface area contributed by atoms with E-state index in [-0.39, 0.29) is 0 Å². The van der Waals surface area contributed by atoms with Gasteiger partial charge in [-0.1, -0.05) is 437 Å². The van der Waals surface area contributed by atoms with Gasteiger partial charge in [-0.05, 0) is 286 Å². The van der Waals surface area contributed by atoms with Crippen molar-refractivity contribution in [3.05, 3.63) is 510 Å². The standard InChI is InChI=1S/3C46H28O/c1-3-13-34-29(10-1)12-9-19-35(34)31-20-22-32(23-21-31)44-37-15-5-7-17-39(37)45(40-18-8-6-16-38(40)44)33-25-27-43-42(28-33)41-26-24-30-11-2-4-14-36(30)46(41)47-43;1-2-12-31-26-33(21-20-29(31)10-1)32-13-9-14-34(27-32)44-37-16-5-7-18-39(37)45(40-19-8-6-17-38(40)44)35-23-25-43-42(28-35)41-24-22-30-11-3-4-15-36(30)46(41)47-43;1-2-13-31-27-32(22-21-29(31)11-1)34-14-5-6-16-36(34)45-39-19-9-7-17-37(39)44(38-18-8-10-20-40(38)45)33-24-26-43-42(28-33)41-25-23-30-12-3-4-15-35(30)46(41)47-43/h3*1-28H. The molecule has 0 atom stereocenters. The largest absolute Gasteiger partial charge is 0.455 e. The van der Waals surface area contributed by atoms with Crippen molar-refractivity contribution < 1.29 is 13.3 Å². The highest BCUT2D eigenvalue weighted by atomic mass is 16.3. The third-order valence-electron chi connectivity index (χ3n) is 29.5. The minimum Gasteiger partial charge on any atom is -0.455 e. The van der Waals surface area contributed by atoms with Crippen molar-refractivity contribution in [3.63, 3.8) is 0 Å². The van der Waals surface area contributed by atoms with Crippen LogP contribution in [0.15, 0.2) is 523 Å². The van der Waals surface area contributed by atoms with E-state index in [1.54, 1.807) is 0 Å². The maximum Gasteiger partial charge on any atom is 0.143 e. The van der Waals surface area contributed by atoms with E-state index in [2.05, 4.69) is 510 Å². The molecule has 0 saturated heterocycles. The van der Waals surface area contributed by atoms with Crippen LogP contribution >= 0.6 is 0 Å². The molecule has 0 spiro atoms. The van der Waals surface area contributed by atoms with Crippen LogP contribution in [-0.4, -0.2) is 0 Å². The Labute approximate surface area is 812 Å². The monoisotopic (exact) mass is 1790 g/mol. The average Bonchev–Trinajstić information content (AvgIpc) is 1.58. The Morgan fingerprint density at radius 2 is 0.340 bits per heavy atom. The van der Waals surface area contributed by atoms with Gasteiger partial charge >= 0.3 is 0 Å². The van der Waals surface area contributed by atoms with Crippen molar-refractivity contribution in [3.8, 4) is 100 Å². The van der Waals surface area contributed by atoms with Crippen molar-refractivity contribution in [2.24, 2.45) is 0 Å². The molecular formula is C138H84O3. The highest BCUT2D eigenvalue weighted by molar-refractivity contribution is 6.28. The van der Waals surface area contributed by atoms with Gasteiger partial charge in [0.25, 0.3) is 0 Å². The van der Waals surface area contributed by atoms with Crippen LogP contribution in [0.25, 0.3) is 295 Å². The minimum atomic E-state index is 0.912. The summed E-state index contributed by atoms with van der Waals surface area (Å²) in [5, 5.41) is 36.4. The molecule has 3 heterocycles. The van der Waals surface area contributed by atoms with Gasteiger partial charge in [0.2, 0.25) is 0 Å². The van der Waals surface area contributed by atoms with Gasteiger partial charge < -0.3 is 13.3 Å². The molecule has 30 aromatic rings. The third kappa shape index (κ3) is 13.5. The molecule has 0 aliphatic carbocycles. The fourth-order valence-electron chi connectivity index (χ4n) is 23.0. The molecule has 3 heteroatoms. The smallest absolute Gasteiger partial charge is 0.143 e. The number of furan rings is 3. The number of rotatable bonds is 9. The van der Waals surface area contributed by atoms with E-state index in [1.807, 2.05) is 0 Å². The fraction of sp³-hybridized carbons (Fsp3) is 0. The van der Waals surface area contributed by atoms with Gasteiger partial charge in [0.15, 0.2) is 0 Å². The molecule has 27 aromatic carbocycles. The summed E-state index contributed by atoms with van der Waals surface area (Å²) in [5.41, 5.74) is 27.8. The summed E-state index contributed by atoms with van der Waals surface area (Å²) in [6.45, 7) is 0. The predicted molar refractivity (Wildman–Crippen MR) is 600 cm³/mol. The molecule has 0 amide bonds. The molecular weight excluding hydrogens is 1710 g/mol. The minimum absolute atomic E-state index is 0.912. The second-order valence-corrected chi connectivity index (χ2v) is 37.3. The quantitative estimate of drug-likeness (QED) is 0.135. The zero-order chi connectivity index (χ0) is 92.7. The summed E-state index contributed by atoms with van der Waals surface area (Å²) in [7, 11) is 0. The van der Waals surface area contributed by atoms with Crippen LogP contribution in [0, 0.1) is 0 Å². The summed E-state index contributed by atoms with van der Waals surface area (Å²) in [6, 6.07) is 185. The summed E-state index contributed by atoms with van der Waals surface area (Å²) in [5.74, 6) is 0. The molecule has 30 rings (SSSR count). The predicted octanol–water partition coefficient (Wildman–Crippen LogP) is 39.6. The first-order valence-electron chi connectivity index (χ1n) is 48.5. The van der Waals surface area contributed by atoms with Crippen molar-refractivity contribution in [2.75, 3.05) is 0 Å². The van der Waals surface area contributed by atoms with E-state index in [0.717, 1.165) is 82.0 Å². The lowest BCUT2D eigenvalue weighted by molar-refractivity contribution is 0.672. The van der Waals surface area contributed by atoms with E-state index in [1.165, 1.54) is 213 Å². The highest BCUT2D eigenvalue weighted by Crippen LogP contribution is 2.53. The Bertz CT molecular complexity index is 10200. The van der Waals surface area contributed by atoms with Crippen molar-refractivity contribution >= 4 is 195 Å². The Morgan fingerprint density at radius 3 is 0.738 bits per heavy atom. The number of hydrogen-bond donors (Lipinski definition) is 0. The normalized spacial score (nSPS) is 11.8. The summed E-state index contributed by atoms with van der Waals surface area (Å²) in [4.78, 5) is 0. The lowest BCUT2D eigenvalue weighted by Crippen LogP contribution is -1.92. The van der Waals surface area contributed by atoms with E-state index in [4.69, 9.17) is 13.3 Å². The lowest BCUT2D eigenvalue weighted by atomic mass is 9.83. The van der Waals surface area contributed by atoms with Crippen LogP contribution in [0.4, 0.5) is 0 Å². The average molecular weight is 1790 g/mol. The van der Waals surface area contributed by atoms with Crippen LogP contribution in [0.3, 0.4) is 0 Å². The lowest BCUT2D eigenvalue weighted by Gasteiger charge is -2.20. The fourth-order valence-corrected chi connectivity index (χ4v) is 23.0. The van der Waals surface area contributed by atoms with Gasteiger partial charge in [-0.3, -0.25) is 0 Å². The molecule has 654 valence electrons. The second-order valence-electron chi connectivity index (χ2n) is 37.3. The zero-order valence-corrected chi connectivity index (χ0v) is 76.7. The molecule has 0 unspecified atom stereocenters. The molecule has 0 N–H and O–H groups in total. The summed E-state index contributed by atoms with van der Waals surface area (Å²) >= 11 is 0. The molecule has 0 radical (unpaired) electrons. The van der Waals surface area contributed by atoms with Crippen molar-refractivity contribution in [1.82, 2.24) is 0 Å². The van der Waals surface area contributed by atoms with E-state index >= 15 is 0 Å². The van der Waals surface area contributed by atoms with Gasteiger partial charge in [-0.25, -0.2) is 0 Å². The first-order chi connectivity index (χ1) is 69.9. The van der Waals surface area contributed by atoms with Gasteiger partial charge in [-0.15, -0.1) is 0 Å². The van der Waals surface area contributed by atoms with E-state index in [9.17, 15) is 0 Å². The molecule has 0 aliphatic heterocycles. The van der Waals surface area contributed by atoms with Gasteiger partial charge in [-0.2, -0.15) is 0 Å². The molecule has 0 bridgehead atoms. The molecule has 0 saturated carbocycles. The molecule has 3 aromatic heterocycles. The molecule has 0 aliphatic rings. The van der Waals surface area contributed by atoms with Gasteiger partial charge in [0.1, 0.15) is 33.5 Å². The maximum absolute atomic E-state index is 6.49. The molecule has 3 nitrogen and oxygen atoms in total. The van der Waals surface area contributed by atoms with Crippen LogP contribution in [0.1, 0.15) is 0 Å². The molecule has 0 fully saturated rings. The van der Waals surface area contributed by atoms with Gasteiger partial charge in [0.05, 0.1) is 0 Å². The van der Waals surface area contributed by atoms with Crippen LogP contribution < -0.4 is 0 Å². The number of benzene rings is 27. The SMILES string of the molecule is c1cc(-c2ccc3ccccc3c2)cc(-c2c3ccccc3c(-c3ccc4oc5c6ccccc6ccc5c4c3)c3ccccc23)c1.c1ccc(-c2c3ccccc3c(-c3ccc4oc5c6ccccc6ccc5c4c3)c3ccccc23)c(-c2ccc3ccccc3c2)c1.c1ccc2c(-c3ccc(-c4c5ccccc5c(-c5ccc6oc7c8ccccc8ccc7c6c5)c5ccccc45)cc3)cccc2c1. The highest BCUT2D eigenvalue weighted by Gasteiger charge is 2.26. The van der Waals surface area contributed by atoms with Crippen molar-refractivity contribution in [1.29, 1.82) is 0 Å². The Balaban J connectivity index is 0.000000104. The summed E-state index contributed by atoms with van der Waals surface area (Å²) < 4.78 is 19.4. The van der Waals surface area contributed by atoms with E-state index < -0.39 is 0 Å². The maximum atomic E-state index is 6.49. The Hall–Kier alpha value is -18.5. The van der Waals surface area contributed by atoms with Crippen LogP contribution in [0.5, 0.6) is 0 Å². The van der Waals surface area contributed by atoms with Gasteiger partial charge in [0, 0.05) is 48.5 Å². The second kappa shape index (κ2) is 33.2. The van der Waals surface area contributed by atoms with E-state index in [0.29, 0.717) is 0 Å². The first-order valence-corrected chi connectivity index (χ1v) is 48.5. The van der Waals surface area contributed by atoms with Crippen LogP contribution in [-0.2, 0) is 0 Å². The molecule has 141 heavy (non-hydrogen) atoms. The summed E-state index contributed by atoms with van der Waals surface area (Å²) in [6.07, 6.45) is 0. The Kier molecular flexibility index (Phi) is 19.0. The number of hydrogen-bond acceptors (Lipinski definition) is 3. The van der Waals surface area contributed by atoms with Crippen molar-refractivity contribution in [2.45, 2.75) is 0 Å². The number of fused-ring (bicyclic) bond motifs is 24. The Morgan fingerprint density at radius 1 is 0.0993 bits per heavy atom. The zero-order valence-electron chi connectivity index (χ0n) is 76.7.